The lowest BCUT2D eigenvalue weighted by Crippen LogP contribution is -1.93. The molecular weight excluding hydrogens is 586 g/mol. The van der Waals surface area contributed by atoms with Crippen molar-refractivity contribution < 1.29 is 0 Å². The van der Waals surface area contributed by atoms with Crippen LogP contribution < -0.4 is 0 Å². The predicted molar refractivity (Wildman–Crippen MR) is 104 cm³/mol. The number of allylic oxidation sites excluding steroid dienone is 1. The van der Waals surface area contributed by atoms with Gasteiger partial charge in [-0.2, -0.15) is 0 Å². The van der Waals surface area contributed by atoms with Gasteiger partial charge in [0.2, 0.25) is 0 Å². The number of halogens is 4. The largest absolute Gasteiger partial charge is 0.349 e. The molecule has 0 atom stereocenters. The first kappa shape index (κ1) is 15.1. The van der Waals surface area contributed by atoms with Crippen molar-refractivity contribution in [3.63, 3.8) is 0 Å². The average molecular weight is 595 g/mol. The highest BCUT2D eigenvalue weighted by Crippen LogP contribution is 2.28. The third-order valence-corrected chi connectivity index (χ3v) is 6.92. The lowest BCUT2D eigenvalue weighted by atomic mass is 10.1. The second-order valence-corrected chi connectivity index (χ2v) is 9.71. The van der Waals surface area contributed by atoms with E-state index in [-0.39, 0.29) is 0 Å². The van der Waals surface area contributed by atoms with Crippen LogP contribution in [0.3, 0.4) is 0 Å². The number of aromatic nitrogens is 1. The fourth-order valence-electron chi connectivity index (χ4n) is 1.60. The molecule has 0 aliphatic carbocycles. The molecule has 1 nitrogen and oxygen atoms in total. The summed E-state index contributed by atoms with van der Waals surface area (Å²) in [7, 11) is 0. The number of hydrogen-bond donors (Lipinski definition) is 0. The highest BCUT2D eigenvalue weighted by atomic mass is 127. The van der Waals surface area contributed by atoms with Crippen LogP contribution in [0.25, 0.3) is 11.1 Å². The molecule has 2 aromatic rings. The van der Waals surface area contributed by atoms with Crippen molar-refractivity contribution >= 4 is 79.4 Å². The first-order chi connectivity index (χ1) is 8.56. The fraction of sp³-hybridized carbons (Fsp3) is 0.0769. The van der Waals surface area contributed by atoms with Gasteiger partial charge in [0.15, 0.2) is 0 Å². The molecule has 0 aliphatic rings. The van der Waals surface area contributed by atoms with E-state index >= 15 is 0 Å². The molecule has 0 saturated carbocycles. The van der Waals surface area contributed by atoms with Crippen LogP contribution in [-0.2, 0) is 6.54 Å². The van der Waals surface area contributed by atoms with Crippen molar-refractivity contribution in [3.8, 4) is 11.1 Å². The summed E-state index contributed by atoms with van der Waals surface area (Å²) in [4.78, 5) is 0. The van der Waals surface area contributed by atoms with E-state index in [0.29, 0.717) is 0 Å². The van der Waals surface area contributed by atoms with E-state index in [1.54, 1.807) is 0 Å². The Labute approximate surface area is 152 Å². The molecule has 0 spiro atoms. The van der Waals surface area contributed by atoms with Gasteiger partial charge in [-0.05, 0) is 97.1 Å². The monoisotopic (exact) mass is 595 g/mol. The van der Waals surface area contributed by atoms with Crippen LogP contribution >= 0.6 is 79.4 Å². The number of rotatable bonds is 3. The second-order valence-electron chi connectivity index (χ2n) is 3.75. The molecule has 0 unspecified atom stereocenters. The molecule has 5 heteroatoms. The van der Waals surface area contributed by atoms with Crippen LogP contribution in [0.15, 0.2) is 47.9 Å². The SMILES string of the molecule is Clc1cccc(-c2ccn(CC(I)=C(I)I)c2)c1. The van der Waals surface area contributed by atoms with Crippen molar-refractivity contribution in [2.45, 2.75) is 6.54 Å². The van der Waals surface area contributed by atoms with Crippen LogP contribution in [0.2, 0.25) is 5.02 Å². The van der Waals surface area contributed by atoms with Gasteiger partial charge in [0.25, 0.3) is 0 Å². The molecule has 18 heavy (non-hydrogen) atoms. The molecule has 1 heterocycles. The minimum absolute atomic E-state index is 0.775. The molecule has 0 aliphatic heterocycles. The first-order valence-electron chi connectivity index (χ1n) is 5.17. The van der Waals surface area contributed by atoms with Crippen LogP contribution in [0.5, 0.6) is 0 Å². The van der Waals surface area contributed by atoms with Crippen molar-refractivity contribution in [1.82, 2.24) is 4.57 Å². The van der Waals surface area contributed by atoms with Gasteiger partial charge in [0, 0.05) is 21.0 Å². The molecule has 0 fully saturated rings. The van der Waals surface area contributed by atoms with E-state index < -0.39 is 0 Å². The number of nitrogens with zero attached hydrogens (tertiary/aromatic N) is 1. The summed E-state index contributed by atoms with van der Waals surface area (Å²) in [6.45, 7) is 0.919. The number of benzene rings is 1. The first-order valence-corrected chi connectivity index (χ1v) is 8.79. The molecule has 0 radical (unpaired) electrons. The van der Waals surface area contributed by atoms with E-state index in [9.17, 15) is 0 Å². The van der Waals surface area contributed by atoms with Gasteiger partial charge in [-0.15, -0.1) is 0 Å². The molecule has 0 saturated heterocycles. The molecule has 0 bridgehead atoms. The summed E-state index contributed by atoms with van der Waals surface area (Å²) >= 11 is 13.1. The minimum Gasteiger partial charge on any atom is -0.349 e. The Morgan fingerprint density at radius 2 is 1.89 bits per heavy atom. The van der Waals surface area contributed by atoms with Gasteiger partial charge < -0.3 is 4.57 Å². The van der Waals surface area contributed by atoms with Crippen LogP contribution in [-0.4, -0.2) is 4.57 Å². The van der Waals surface area contributed by atoms with Gasteiger partial charge >= 0.3 is 0 Å². The number of hydrogen-bond acceptors (Lipinski definition) is 0. The average Bonchev–Trinajstić information content (AvgIpc) is 2.77. The molecule has 94 valence electrons. The molecule has 0 N–H and O–H groups in total. The van der Waals surface area contributed by atoms with E-state index in [1.165, 1.54) is 10.7 Å². The van der Waals surface area contributed by atoms with Crippen LogP contribution in [0.4, 0.5) is 0 Å². The third-order valence-electron chi connectivity index (χ3n) is 2.43. The van der Waals surface area contributed by atoms with Gasteiger partial charge in [-0.1, -0.05) is 23.7 Å². The maximum atomic E-state index is 6.01. The molecule has 0 amide bonds. The van der Waals surface area contributed by atoms with Gasteiger partial charge in [0.05, 0.1) is 8.13 Å². The lowest BCUT2D eigenvalue weighted by Gasteiger charge is -2.02. The van der Waals surface area contributed by atoms with Gasteiger partial charge in [-0.3, -0.25) is 0 Å². The van der Waals surface area contributed by atoms with Gasteiger partial charge in [-0.25, -0.2) is 0 Å². The van der Waals surface area contributed by atoms with Crippen molar-refractivity contribution in [2.24, 2.45) is 0 Å². The zero-order chi connectivity index (χ0) is 13.1. The van der Waals surface area contributed by atoms with Gasteiger partial charge in [0.1, 0.15) is 0 Å². The zero-order valence-electron chi connectivity index (χ0n) is 9.21. The smallest absolute Gasteiger partial charge is 0.0625 e. The normalized spacial score (nSPS) is 10.4. The summed E-state index contributed by atoms with van der Waals surface area (Å²) in [5.74, 6) is 0. The summed E-state index contributed by atoms with van der Waals surface area (Å²) in [6, 6.07) is 10.1. The second kappa shape index (κ2) is 6.94. The Kier molecular flexibility index (Phi) is 5.83. The maximum absolute atomic E-state index is 6.01. The lowest BCUT2D eigenvalue weighted by molar-refractivity contribution is 0.828. The van der Waals surface area contributed by atoms with Crippen LogP contribution in [0, 0.1) is 0 Å². The summed E-state index contributed by atoms with van der Waals surface area (Å²) in [6.07, 6.45) is 4.26. The Morgan fingerprint density at radius 3 is 2.56 bits per heavy atom. The predicted octanol–water partition coefficient (Wildman–Crippen LogP) is 6.28. The Morgan fingerprint density at radius 1 is 1.11 bits per heavy atom. The molecular formula is C13H9ClI3N. The maximum Gasteiger partial charge on any atom is 0.0625 e. The van der Waals surface area contributed by atoms with E-state index in [4.69, 9.17) is 11.6 Å². The summed E-state index contributed by atoms with van der Waals surface area (Å²) < 4.78 is 4.85. The molecule has 1 aromatic heterocycles. The van der Waals surface area contributed by atoms with E-state index in [2.05, 4.69) is 96.9 Å². The molecule has 2 rings (SSSR count). The van der Waals surface area contributed by atoms with Crippen molar-refractivity contribution in [3.05, 3.63) is 52.9 Å². The highest BCUT2D eigenvalue weighted by molar-refractivity contribution is 14.2. The molecule has 1 aromatic carbocycles. The fourth-order valence-corrected chi connectivity index (χ4v) is 2.52. The Bertz CT molecular complexity index is 585. The Balaban J connectivity index is 2.23. The quantitative estimate of drug-likeness (QED) is 0.369. The van der Waals surface area contributed by atoms with E-state index in [0.717, 1.165) is 17.1 Å². The standard InChI is InChI=1S/C13H9ClI3N/c14-11-3-1-2-9(6-11)10-4-5-18(7-10)8-12(15)13(16)17/h1-7H,8H2. The van der Waals surface area contributed by atoms with Crippen molar-refractivity contribution in [1.29, 1.82) is 0 Å². The topological polar surface area (TPSA) is 4.93 Å². The highest BCUT2D eigenvalue weighted by Gasteiger charge is 2.03. The Hall–Kier alpha value is 0.720. The summed E-state index contributed by atoms with van der Waals surface area (Å²) in [5.41, 5.74) is 2.36. The van der Waals surface area contributed by atoms with E-state index in [1.807, 2.05) is 18.2 Å². The minimum atomic E-state index is 0.775. The van der Waals surface area contributed by atoms with Crippen LogP contribution in [0.1, 0.15) is 0 Å². The van der Waals surface area contributed by atoms with Crippen molar-refractivity contribution in [2.75, 3.05) is 0 Å². The third kappa shape index (κ3) is 4.11. The summed E-state index contributed by atoms with van der Waals surface area (Å²) in [5, 5.41) is 0.775. The zero-order valence-corrected chi connectivity index (χ0v) is 16.4.